The van der Waals surface area contributed by atoms with Crippen molar-refractivity contribution in [3.8, 4) is 11.1 Å². The Morgan fingerprint density at radius 2 is 1.22 bits per heavy atom. The van der Waals surface area contributed by atoms with Crippen molar-refractivity contribution in [1.29, 1.82) is 0 Å². The van der Waals surface area contributed by atoms with E-state index in [1.165, 1.54) is 93.3 Å². The number of hydrogen-bond acceptors (Lipinski definition) is 0. The van der Waals surface area contributed by atoms with E-state index in [4.69, 9.17) is 0 Å². The zero-order chi connectivity index (χ0) is 34.7. The van der Waals surface area contributed by atoms with Crippen molar-refractivity contribution in [3.63, 3.8) is 0 Å². The van der Waals surface area contributed by atoms with Gasteiger partial charge in [0.05, 0.1) is 0 Å². The Kier molecular flexibility index (Phi) is 12.8. The van der Waals surface area contributed by atoms with Crippen LogP contribution in [0.4, 0.5) is 0 Å². The van der Waals surface area contributed by atoms with E-state index < -0.39 is 0 Å². The van der Waals surface area contributed by atoms with Gasteiger partial charge in [-0.2, -0.15) is 29.3 Å². The summed E-state index contributed by atoms with van der Waals surface area (Å²) in [5, 5.41) is 0. The van der Waals surface area contributed by atoms with E-state index in [0.29, 0.717) is 5.41 Å². The van der Waals surface area contributed by atoms with Crippen LogP contribution in [0.1, 0.15) is 161 Å². The van der Waals surface area contributed by atoms with Crippen LogP contribution in [0.2, 0.25) is 0 Å². The monoisotopic (exact) mass is 772 g/mol. The molecular formula is C46H60Cl2Zr-2. The maximum atomic E-state index is 3.85. The maximum absolute atomic E-state index is 3.85. The molecule has 0 aliphatic heterocycles. The van der Waals surface area contributed by atoms with Gasteiger partial charge in [-0.05, 0) is 62.3 Å². The van der Waals surface area contributed by atoms with E-state index in [9.17, 15) is 0 Å². The van der Waals surface area contributed by atoms with Crippen LogP contribution >= 0.6 is 0 Å². The average Bonchev–Trinajstić information content (AvgIpc) is 3.71. The van der Waals surface area contributed by atoms with Crippen LogP contribution in [0.5, 0.6) is 0 Å². The summed E-state index contributed by atoms with van der Waals surface area (Å²) >= 11 is 1.69. The van der Waals surface area contributed by atoms with Gasteiger partial charge in [-0.1, -0.05) is 119 Å². The Balaban J connectivity index is 0.000000298. The Bertz CT molecular complexity index is 1620. The fourth-order valence-corrected chi connectivity index (χ4v) is 8.67. The molecule has 0 aromatic heterocycles. The summed E-state index contributed by atoms with van der Waals surface area (Å²) in [6.07, 6.45) is 14.7. The second kappa shape index (κ2) is 14.9. The Labute approximate surface area is 327 Å². The van der Waals surface area contributed by atoms with Crippen LogP contribution in [0, 0.1) is 16.9 Å². The molecule has 4 aliphatic rings. The van der Waals surface area contributed by atoms with Crippen LogP contribution in [0.25, 0.3) is 22.3 Å². The number of rotatable bonds is 0. The minimum atomic E-state index is -0.0202. The zero-order valence-corrected chi connectivity index (χ0v) is 36.7. The van der Waals surface area contributed by atoms with Crippen LogP contribution in [0.3, 0.4) is 0 Å². The average molecular weight is 775 g/mol. The predicted molar refractivity (Wildman–Crippen MR) is 203 cm³/mol. The van der Waals surface area contributed by atoms with Crippen molar-refractivity contribution < 1.29 is 49.0 Å². The van der Waals surface area contributed by atoms with E-state index in [2.05, 4.69) is 151 Å². The van der Waals surface area contributed by atoms with E-state index in [-0.39, 0.29) is 46.5 Å². The number of allylic oxidation sites excluding steroid dienone is 4. The number of hydrogen-bond donors (Lipinski definition) is 0. The van der Waals surface area contributed by atoms with Gasteiger partial charge in [0.25, 0.3) is 0 Å². The molecule has 0 atom stereocenters. The normalized spacial score (nSPS) is 18.1. The molecule has 4 aliphatic carbocycles. The van der Waals surface area contributed by atoms with Crippen molar-refractivity contribution in [3.05, 3.63) is 99.6 Å². The van der Waals surface area contributed by atoms with Gasteiger partial charge in [-0.3, -0.25) is 6.08 Å². The van der Waals surface area contributed by atoms with Crippen LogP contribution in [0.15, 0.2) is 54.6 Å². The minimum absolute atomic E-state index is 0. The van der Waals surface area contributed by atoms with Gasteiger partial charge in [0.1, 0.15) is 0 Å². The summed E-state index contributed by atoms with van der Waals surface area (Å²) in [6.45, 7) is 30.0. The standard InChI is InChI=1S/C31H37.C9H13.C6H10.2ClH.Zr/c1-28(2,3)26-16-30(7,8)24-12-18-11-19-13-25-23(15-21(19)20(18)14-22(24)26)27(29(4,5)6)17-31(25,9)10;1-9(2,3)8-6-4-5-7-8;1-2-4-6-5-3-1;;;/h12-16H,11H2,1-10H3;4-7H,1-3H3;1-5H2;2*1H;/q2*-1;;;;+2/p-2. The van der Waals surface area contributed by atoms with Gasteiger partial charge in [0.2, 0.25) is 0 Å². The molecule has 49 heavy (non-hydrogen) atoms. The molecule has 0 spiro atoms. The van der Waals surface area contributed by atoms with Gasteiger partial charge in [0, 0.05) is 5.41 Å². The van der Waals surface area contributed by atoms with Gasteiger partial charge in [0.15, 0.2) is 0 Å². The van der Waals surface area contributed by atoms with Crippen molar-refractivity contribution in [2.24, 2.45) is 10.8 Å². The van der Waals surface area contributed by atoms with Crippen LogP contribution in [-0.4, -0.2) is 3.21 Å². The molecule has 0 bridgehead atoms. The molecule has 0 unspecified atom stereocenters. The van der Waals surface area contributed by atoms with E-state index in [1.54, 1.807) is 27.4 Å². The Morgan fingerprint density at radius 1 is 0.673 bits per heavy atom. The molecule has 1 fully saturated rings. The molecule has 0 heterocycles. The molecular weight excluding hydrogens is 715 g/mol. The fraction of sp³-hybridized carbons (Fsp3) is 0.522. The van der Waals surface area contributed by atoms with E-state index in [0.717, 1.165) is 6.42 Å². The second-order valence-electron chi connectivity index (χ2n) is 18.8. The van der Waals surface area contributed by atoms with E-state index in [1.807, 2.05) is 0 Å². The number of halogens is 2. The first kappa shape index (κ1) is 42.0. The first-order chi connectivity index (χ1) is 21.6. The first-order valence-electron chi connectivity index (χ1n) is 18.1. The molecule has 0 nitrogen and oxygen atoms in total. The van der Waals surface area contributed by atoms with Crippen molar-refractivity contribution >= 4 is 14.4 Å². The third-order valence-electron chi connectivity index (χ3n) is 10.6. The van der Waals surface area contributed by atoms with Crippen LogP contribution < -0.4 is 24.8 Å². The van der Waals surface area contributed by atoms with Crippen molar-refractivity contribution in [2.75, 3.05) is 0 Å². The molecule has 0 saturated heterocycles. The summed E-state index contributed by atoms with van der Waals surface area (Å²) in [7, 11) is 0. The molecule has 0 radical (unpaired) electrons. The fourth-order valence-electron chi connectivity index (χ4n) is 7.80. The summed E-state index contributed by atoms with van der Waals surface area (Å²) in [5.41, 5.74) is 16.6. The van der Waals surface area contributed by atoms with Crippen LogP contribution in [-0.2, 0) is 46.9 Å². The molecule has 1 saturated carbocycles. The molecule has 0 N–H and O–H groups in total. The predicted octanol–water partition coefficient (Wildman–Crippen LogP) is 6.88. The first-order valence-corrected chi connectivity index (χ1v) is 19.4. The molecule has 3 aromatic carbocycles. The molecule has 3 aromatic rings. The Morgan fingerprint density at radius 3 is 1.65 bits per heavy atom. The van der Waals surface area contributed by atoms with Gasteiger partial charge < -0.3 is 24.8 Å². The number of fused-ring (bicyclic) bond motifs is 5. The van der Waals surface area contributed by atoms with Crippen molar-refractivity contribution in [1.82, 2.24) is 0 Å². The molecule has 7 rings (SSSR count). The van der Waals surface area contributed by atoms with Crippen molar-refractivity contribution in [2.45, 2.75) is 145 Å². The topological polar surface area (TPSA) is 0 Å². The quantitative estimate of drug-likeness (QED) is 0.171. The summed E-state index contributed by atoms with van der Waals surface area (Å²) < 4.78 is 1.80. The molecule has 3 heteroatoms. The number of benzene rings is 2. The summed E-state index contributed by atoms with van der Waals surface area (Å²) in [4.78, 5) is 0. The zero-order valence-electron chi connectivity index (χ0n) is 32.7. The molecule has 0 amide bonds. The summed E-state index contributed by atoms with van der Waals surface area (Å²) in [5.74, 6) is 0. The summed E-state index contributed by atoms with van der Waals surface area (Å²) in [6, 6.07) is 18.5. The SMILES string of the molecule is CC(C)(C)C1=[C-]C(C)(C)c2cc3c(cc21)-c1cc2c(cc1C3)C(C)(C)C=C2C(C)(C)C.CC(C)(C)c1cc[cH-]c1.[Cl-].[Cl-].[Zr+2]=[C]1CCCCC1. The van der Waals surface area contributed by atoms with Gasteiger partial charge >= 0.3 is 59.5 Å². The third kappa shape index (κ3) is 8.98. The van der Waals surface area contributed by atoms with Gasteiger partial charge in [-0.15, -0.1) is 11.6 Å². The van der Waals surface area contributed by atoms with E-state index >= 15 is 0 Å². The third-order valence-corrected chi connectivity index (χ3v) is 11.8. The second-order valence-corrected chi connectivity index (χ2v) is 20.5. The molecule has 264 valence electrons. The Hall–Kier alpha value is -1.40. The van der Waals surface area contributed by atoms with Gasteiger partial charge in [-0.25, -0.2) is 11.6 Å².